The Kier molecular flexibility index (Phi) is 4.08. The van der Waals surface area contributed by atoms with Gasteiger partial charge in [-0.1, -0.05) is 18.2 Å². The van der Waals surface area contributed by atoms with E-state index < -0.39 is 0 Å². The summed E-state index contributed by atoms with van der Waals surface area (Å²) < 4.78 is 13.2. The maximum Gasteiger partial charge on any atom is 0.226 e. The summed E-state index contributed by atoms with van der Waals surface area (Å²) in [4.78, 5) is 16.9. The maximum absolute atomic E-state index is 12.5. The van der Waals surface area contributed by atoms with Gasteiger partial charge < -0.3 is 14.8 Å². The van der Waals surface area contributed by atoms with Crippen LogP contribution in [0.4, 0.5) is 5.82 Å². The van der Waals surface area contributed by atoms with E-state index in [-0.39, 0.29) is 11.8 Å². The molecule has 1 amide bonds. The lowest BCUT2D eigenvalue weighted by Gasteiger charge is -2.29. The molecule has 7 heteroatoms. The van der Waals surface area contributed by atoms with Crippen LogP contribution in [0, 0.1) is 0 Å². The Balaban J connectivity index is 1.65. The standard InChI is InChI=1S/C22H20N4O3/c1-26-22-19(20(25-26)16-7-3-4-9-23-16)15(11-18(27)24-22)14-10-13-6-5-8-17(28-2)21(13)29-12-14/h3-10,15H,11-12H2,1-2H3,(H,24,27). The number of carbonyl (C=O) groups excluding carboxylic acids is 1. The number of hydrogen-bond donors (Lipinski definition) is 1. The number of nitrogens with zero attached hydrogens (tertiary/aromatic N) is 3. The number of carbonyl (C=O) groups is 1. The van der Waals surface area contributed by atoms with Gasteiger partial charge in [0.05, 0.1) is 12.8 Å². The van der Waals surface area contributed by atoms with Crippen molar-refractivity contribution < 1.29 is 14.3 Å². The first-order valence-electron chi connectivity index (χ1n) is 9.44. The molecular weight excluding hydrogens is 368 g/mol. The zero-order valence-electron chi connectivity index (χ0n) is 16.2. The van der Waals surface area contributed by atoms with Gasteiger partial charge in [-0.15, -0.1) is 0 Å². The zero-order chi connectivity index (χ0) is 20.0. The highest BCUT2D eigenvalue weighted by atomic mass is 16.5. The minimum absolute atomic E-state index is 0.0320. The second-order valence-electron chi connectivity index (χ2n) is 7.14. The molecule has 2 aliphatic rings. The molecule has 0 radical (unpaired) electrons. The van der Waals surface area contributed by atoms with Crippen LogP contribution in [0.3, 0.4) is 0 Å². The summed E-state index contributed by atoms with van der Waals surface area (Å²) in [5.74, 6) is 1.98. The number of benzene rings is 1. The summed E-state index contributed by atoms with van der Waals surface area (Å²) in [7, 11) is 3.46. The van der Waals surface area contributed by atoms with Crippen LogP contribution >= 0.6 is 0 Å². The molecule has 0 saturated heterocycles. The molecule has 3 aromatic rings. The number of methoxy groups -OCH3 is 1. The molecule has 0 spiro atoms. The van der Waals surface area contributed by atoms with Crippen LogP contribution in [-0.2, 0) is 11.8 Å². The van der Waals surface area contributed by atoms with Crippen molar-refractivity contribution in [2.45, 2.75) is 12.3 Å². The van der Waals surface area contributed by atoms with Gasteiger partial charge in [0.25, 0.3) is 0 Å². The minimum Gasteiger partial charge on any atom is -0.493 e. The molecule has 5 rings (SSSR count). The fourth-order valence-corrected chi connectivity index (χ4v) is 4.06. The van der Waals surface area contributed by atoms with Crippen LogP contribution < -0.4 is 14.8 Å². The van der Waals surface area contributed by atoms with Gasteiger partial charge >= 0.3 is 0 Å². The molecule has 2 aromatic heterocycles. The molecule has 1 aromatic carbocycles. The van der Waals surface area contributed by atoms with Crippen LogP contribution in [0.15, 0.2) is 48.2 Å². The molecule has 1 unspecified atom stereocenters. The van der Waals surface area contributed by atoms with Crippen molar-refractivity contribution in [3.63, 3.8) is 0 Å². The number of anilines is 1. The number of fused-ring (bicyclic) bond motifs is 2. The summed E-state index contributed by atoms with van der Waals surface area (Å²) in [5.41, 5.74) is 4.52. The first-order valence-corrected chi connectivity index (χ1v) is 9.44. The lowest BCUT2D eigenvalue weighted by molar-refractivity contribution is -0.116. The van der Waals surface area contributed by atoms with Gasteiger partial charge in [-0.25, -0.2) is 0 Å². The zero-order valence-corrected chi connectivity index (χ0v) is 16.2. The molecule has 1 atom stereocenters. The Labute approximate surface area is 168 Å². The third-order valence-electron chi connectivity index (χ3n) is 5.39. The highest BCUT2D eigenvalue weighted by molar-refractivity contribution is 5.96. The van der Waals surface area contributed by atoms with Crippen LogP contribution in [0.2, 0.25) is 0 Å². The predicted molar refractivity (Wildman–Crippen MR) is 109 cm³/mol. The minimum atomic E-state index is -0.135. The predicted octanol–water partition coefficient (Wildman–Crippen LogP) is 3.39. The summed E-state index contributed by atoms with van der Waals surface area (Å²) in [6.07, 6.45) is 4.19. The van der Waals surface area contributed by atoms with E-state index in [1.165, 1.54) is 0 Å². The lowest BCUT2D eigenvalue weighted by atomic mass is 9.83. The number of nitrogens with one attached hydrogen (secondary N) is 1. The number of pyridine rings is 1. The van der Waals surface area contributed by atoms with E-state index in [4.69, 9.17) is 9.47 Å². The second kappa shape index (κ2) is 6.77. The van der Waals surface area contributed by atoms with Gasteiger partial charge in [0.15, 0.2) is 11.5 Å². The monoisotopic (exact) mass is 388 g/mol. The van der Waals surface area contributed by atoms with Crippen molar-refractivity contribution in [3.05, 3.63) is 59.3 Å². The van der Waals surface area contributed by atoms with E-state index in [0.29, 0.717) is 24.6 Å². The van der Waals surface area contributed by atoms with E-state index in [1.54, 1.807) is 18.0 Å². The van der Waals surface area contributed by atoms with Crippen LogP contribution in [-0.4, -0.2) is 34.4 Å². The van der Waals surface area contributed by atoms with Gasteiger partial charge in [0.1, 0.15) is 18.1 Å². The van der Waals surface area contributed by atoms with Gasteiger partial charge in [0.2, 0.25) is 5.91 Å². The molecule has 29 heavy (non-hydrogen) atoms. The highest BCUT2D eigenvalue weighted by Gasteiger charge is 2.36. The molecule has 0 saturated carbocycles. The molecule has 0 aliphatic carbocycles. The Morgan fingerprint density at radius 2 is 2.14 bits per heavy atom. The summed E-state index contributed by atoms with van der Waals surface area (Å²) in [5, 5.41) is 7.64. The van der Waals surface area contributed by atoms with Gasteiger partial charge in [-0.2, -0.15) is 5.10 Å². The number of amides is 1. The molecule has 2 aliphatic heterocycles. The molecule has 1 N–H and O–H groups in total. The summed E-state index contributed by atoms with van der Waals surface area (Å²) in [6.45, 7) is 0.390. The smallest absolute Gasteiger partial charge is 0.226 e. The van der Waals surface area contributed by atoms with Crippen LogP contribution in [0.5, 0.6) is 11.5 Å². The van der Waals surface area contributed by atoms with E-state index in [1.807, 2.05) is 43.4 Å². The van der Waals surface area contributed by atoms with Crippen molar-refractivity contribution in [3.8, 4) is 22.9 Å². The van der Waals surface area contributed by atoms with Crippen LogP contribution in [0.25, 0.3) is 17.5 Å². The average molecular weight is 388 g/mol. The number of ether oxygens (including phenoxy) is 2. The van der Waals surface area contributed by atoms with Crippen molar-refractivity contribution in [2.75, 3.05) is 19.0 Å². The molecule has 0 fully saturated rings. The Morgan fingerprint density at radius 1 is 1.24 bits per heavy atom. The molecule has 146 valence electrons. The van der Waals surface area contributed by atoms with Gasteiger partial charge in [-0.3, -0.25) is 14.5 Å². The third-order valence-corrected chi connectivity index (χ3v) is 5.39. The number of aromatic nitrogens is 3. The first-order chi connectivity index (χ1) is 14.2. The summed E-state index contributed by atoms with van der Waals surface area (Å²) in [6, 6.07) is 11.5. The maximum atomic E-state index is 12.5. The Hall–Kier alpha value is -3.61. The van der Waals surface area contributed by atoms with Gasteiger partial charge in [0, 0.05) is 36.7 Å². The molecular formula is C22H20N4O3. The highest BCUT2D eigenvalue weighted by Crippen LogP contribution is 2.45. The lowest BCUT2D eigenvalue weighted by Crippen LogP contribution is -2.27. The molecule has 4 heterocycles. The normalized spacial score (nSPS) is 17.5. The largest absolute Gasteiger partial charge is 0.493 e. The first kappa shape index (κ1) is 17.5. The average Bonchev–Trinajstić information content (AvgIpc) is 3.09. The SMILES string of the molecule is COc1cccc2c1OCC(C1CC(=O)Nc3c1c(-c1ccccn1)nn3C)=C2. The fraction of sp³-hybridized carbons (Fsp3) is 0.227. The van der Waals surface area contributed by atoms with E-state index in [0.717, 1.165) is 33.8 Å². The topological polar surface area (TPSA) is 78.3 Å². The Bertz CT molecular complexity index is 1130. The van der Waals surface area contributed by atoms with Crippen molar-refractivity contribution in [2.24, 2.45) is 7.05 Å². The van der Waals surface area contributed by atoms with Crippen molar-refractivity contribution >= 4 is 17.8 Å². The molecule has 0 bridgehead atoms. The third kappa shape index (κ3) is 2.86. The van der Waals surface area contributed by atoms with E-state index >= 15 is 0 Å². The number of aryl methyl sites for hydroxylation is 1. The number of para-hydroxylation sites is 1. The number of hydrogen-bond acceptors (Lipinski definition) is 5. The number of rotatable bonds is 3. The van der Waals surface area contributed by atoms with E-state index in [2.05, 4.69) is 21.5 Å². The quantitative estimate of drug-likeness (QED) is 0.744. The fourth-order valence-electron chi connectivity index (χ4n) is 4.06. The van der Waals surface area contributed by atoms with Gasteiger partial charge in [-0.05, 0) is 29.8 Å². The summed E-state index contributed by atoms with van der Waals surface area (Å²) >= 11 is 0. The Morgan fingerprint density at radius 3 is 2.93 bits per heavy atom. The second-order valence-corrected chi connectivity index (χ2v) is 7.14. The van der Waals surface area contributed by atoms with Crippen LogP contribution in [0.1, 0.15) is 23.5 Å². The van der Waals surface area contributed by atoms with E-state index in [9.17, 15) is 4.79 Å². The molecule has 7 nitrogen and oxygen atoms in total. The van der Waals surface area contributed by atoms with Crippen molar-refractivity contribution in [1.29, 1.82) is 0 Å². The van der Waals surface area contributed by atoms with Crippen molar-refractivity contribution in [1.82, 2.24) is 14.8 Å².